The summed E-state index contributed by atoms with van der Waals surface area (Å²) in [6.45, 7) is 4.59. The van der Waals surface area contributed by atoms with E-state index in [0.717, 1.165) is 30.4 Å². The number of nitrogens with two attached hydrogens (primary N) is 1. The van der Waals surface area contributed by atoms with Crippen molar-refractivity contribution in [2.75, 3.05) is 5.32 Å². The van der Waals surface area contributed by atoms with E-state index >= 15 is 0 Å². The van der Waals surface area contributed by atoms with Gasteiger partial charge >= 0.3 is 0 Å². The van der Waals surface area contributed by atoms with Gasteiger partial charge in [-0.1, -0.05) is 25.4 Å². The maximum atomic E-state index is 11.2. The average molecular weight is 295 g/mol. The Morgan fingerprint density at radius 2 is 1.95 bits per heavy atom. The van der Waals surface area contributed by atoms with Crippen molar-refractivity contribution in [1.82, 2.24) is 0 Å². The number of benzene rings is 1. The molecule has 110 valence electrons. The van der Waals surface area contributed by atoms with E-state index in [1.165, 1.54) is 12.8 Å². The summed E-state index contributed by atoms with van der Waals surface area (Å²) in [6.07, 6.45) is 4.81. The fourth-order valence-electron chi connectivity index (χ4n) is 2.94. The van der Waals surface area contributed by atoms with Crippen LogP contribution in [0.2, 0.25) is 5.02 Å². The monoisotopic (exact) mass is 294 g/mol. The van der Waals surface area contributed by atoms with Crippen LogP contribution in [0.15, 0.2) is 18.2 Å². The lowest BCUT2D eigenvalue weighted by Gasteiger charge is -2.32. The third kappa shape index (κ3) is 3.66. The largest absolute Gasteiger partial charge is 0.381 e. The summed E-state index contributed by atoms with van der Waals surface area (Å²) in [5, 5.41) is 4.10. The molecular formula is C16H23ClN2O. The van der Waals surface area contributed by atoms with Crippen LogP contribution in [0.5, 0.6) is 0 Å². The van der Waals surface area contributed by atoms with Gasteiger partial charge in [0.25, 0.3) is 0 Å². The highest BCUT2D eigenvalue weighted by atomic mass is 35.5. The minimum absolute atomic E-state index is 0.423. The second kappa shape index (κ2) is 6.49. The Kier molecular flexibility index (Phi) is 4.92. The van der Waals surface area contributed by atoms with E-state index in [2.05, 4.69) is 19.2 Å². The minimum Gasteiger partial charge on any atom is -0.381 e. The van der Waals surface area contributed by atoms with Crippen LogP contribution in [-0.4, -0.2) is 11.9 Å². The van der Waals surface area contributed by atoms with Crippen LogP contribution in [0.25, 0.3) is 0 Å². The van der Waals surface area contributed by atoms with E-state index < -0.39 is 5.91 Å². The predicted molar refractivity (Wildman–Crippen MR) is 84.2 cm³/mol. The molecule has 1 saturated carbocycles. The Hall–Kier alpha value is -1.22. The van der Waals surface area contributed by atoms with Gasteiger partial charge in [0.05, 0.1) is 10.7 Å². The Bertz CT molecular complexity index is 479. The SMILES string of the molecule is CC(C)C1CCC(Nc2cc(C(N)=O)ccc2Cl)CC1. The molecule has 0 atom stereocenters. The second-order valence-electron chi connectivity index (χ2n) is 6.06. The number of carbonyl (C=O) groups is 1. The third-order valence-corrected chi connectivity index (χ3v) is 4.65. The fourth-order valence-corrected chi connectivity index (χ4v) is 3.11. The molecular weight excluding hydrogens is 272 g/mol. The zero-order chi connectivity index (χ0) is 14.7. The standard InChI is InChI=1S/C16H23ClN2O/c1-10(2)11-3-6-13(7-4-11)19-15-9-12(16(18)20)5-8-14(15)17/h5,8-11,13,19H,3-4,6-7H2,1-2H3,(H2,18,20). The topological polar surface area (TPSA) is 55.1 Å². The summed E-state index contributed by atoms with van der Waals surface area (Å²) in [7, 11) is 0. The molecule has 3 nitrogen and oxygen atoms in total. The van der Waals surface area contributed by atoms with Crippen LogP contribution in [0.1, 0.15) is 49.9 Å². The molecule has 1 aromatic carbocycles. The first-order valence-corrected chi connectivity index (χ1v) is 7.71. The number of hydrogen-bond donors (Lipinski definition) is 2. The second-order valence-corrected chi connectivity index (χ2v) is 6.47. The molecule has 20 heavy (non-hydrogen) atoms. The van der Waals surface area contributed by atoms with Crippen molar-refractivity contribution >= 4 is 23.2 Å². The van der Waals surface area contributed by atoms with Gasteiger partial charge in [-0.2, -0.15) is 0 Å². The van der Waals surface area contributed by atoms with Gasteiger partial charge in [0.15, 0.2) is 0 Å². The van der Waals surface area contributed by atoms with Gasteiger partial charge in [0.2, 0.25) is 5.91 Å². The van der Waals surface area contributed by atoms with Gasteiger partial charge < -0.3 is 11.1 Å². The summed E-state index contributed by atoms with van der Waals surface area (Å²) in [5.74, 6) is 1.17. The molecule has 0 saturated heterocycles. The maximum absolute atomic E-state index is 11.2. The molecule has 0 aliphatic heterocycles. The third-order valence-electron chi connectivity index (χ3n) is 4.33. The van der Waals surface area contributed by atoms with E-state index in [-0.39, 0.29) is 0 Å². The van der Waals surface area contributed by atoms with E-state index in [1.807, 2.05) is 0 Å². The molecule has 1 aliphatic carbocycles. The highest BCUT2D eigenvalue weighted by molar-refractivity contribution is 6.33. The average Bonchev–Trinajstić information content (AvgIpc) is 2.41. The zero-order valence-corrected chi connectivity index (χ0v) is 12.9. The van der Waals surface area contributed by atoms with Gasteiger partial charge in [-0.05, 0) is 55.7 Å². The van der Waals surface area contributed by atoms with Crippen molar-refractivity contribution < 1.29 is 4.79 Å². The van der Waals surface area contributed by atoms with E-state index in [1.54, 1.807) is 18.2 Å². The van der Waals surface area contributed by atoms with Crippen molar-refractivity contribution in [3.8, 4) is 0 Å². The number of primary amides is 1. The van der Waals surface area contributed by atoms with Gasteiger partial charge in [-0.15, -0.1) is 0 Å². The summed E-state index contributed by atoms with van der Waals surface area (Å²) in [6, 6.07) is 5.57. The molecule has 4 heteroatoms. The van der Waals surface area contributed by atoms with E-state index in [9.17, 15) is 4.79 Å². The van der Waals surface area contributed by atoms with Crippen LogP contribution < -0.4 is 11.1 Å². The number of halogens is 1. The Balaban J connectivity index is 2.00. The molecule has 2 rings (SSSR count). The maximum Gasteiger partial charge on any atom is 0.248 e. The van der Waals surface area contributed by atoms with Gasteiger partial charge in [0.1, 0.15) is 0 Å². The first-order chi connectivity index (χ1) is 9.47. The van der Waals surface area contributed by atoms with Crippen LogP contribution in [0.3, 0.4) is 0 Å². The molecule has 1 aliphatic rings. The van der Waals surface area contributed by atoms with Crippen LogP contribution >= 0.6 is 11.6 Å². The number of anilines is 1. The van der Waals surface area contributed by atoms with E-state index in [0.29, 0.717) is 16.6 Å². The lowest BCUT2D eigenvalue weighted by Crippen LogP contribution is -2.28. The van der Waals surface area contributed by atoms with Crippen molar-refractivity contribution in [2.24, 2.45) is 17.6 Å². The molecule has 0 spiro atoms. The summed E-state index contributed by atoms with van der Waals surface area (Å²) >= 11 is 6.18. The molecule has 0 aromatic heterocycles. The summed E-state index contributed by atoms with van der Waals surface area (Å²) < 4.78 is 0. The summed E-state index contributed by atoms with van der Waals surface area (Å²) in [5.41, 5.74) is 6.62. The van der Waals surface area contributed by atoms with Crippen LogP contribution in [0, 0.1) is 11.8 Å². The van der Waals surface area contributed by atoms with E-state index in [4.69, 9.17) is 17.3 Å². The molecule has 0 unspecified atom stereocenters. The Morgan fingerprint density at radius 1 is 1.30 bits per heavy atom. The van der Waals surface area contributed by atoms with Crippen LogP contribution in [-0.2, 0) is 0 Å². The lowest BCUT2D eigenvalue weighted by atomic mass is 9.79. The van der Waals surface area contributed by atoms with Gasteiger partial charge in [0, 0.05) is 11.6 Å². The first-order valence-electron chi connectivity index (χ1n) is 7.33. The fraction of sp³-hybridized carbons (Fsp3) is 0.562. The van der Waals surface area contributed by atoms with Crippen molar-refractivity contribution in [3.05, 3.63) is 28.8 Å². The first kappa shape index (κ1) is 15.2. The van der Waals surface area contributed by atoms with Crippen LogP contribution in [0.4, 0.5) is 5.69 Å². The highest BCUT2D eigenvalue weighted by Crippen LogP contribution is 2.33. The zero-order valence-electron chi connectivity index (χ0n) is 12.2. The molecule has 0 heterocycles. The number of carbonyl (C=O) groups excluding carboxylic acids is 1. The molecule has 1 fully saturated rings. The Labute approximate surface area is 125 Å². The number of amides is 1. The Morgan fingerprint density at radius 3 is 2.50 bits per heavy atom. The molecule has 3 N–H and O–H groups in total. The number of nitrogens with one attached hydrogen (secondary N) is 1. The normalized spacial score (nSPS) is 22.8. The summed E-state index contributed by atoms with van der Waals surface area (Å²) in [4.78, 5) is 11.2. The number of rotatable bonds is 4. The van der Waals surface area contributed by atoms with Gasteiger partial charge in [-0.3, -0.25) is 4.79 Å². The highest BCUT2D eigenvalue weighted by Gasteiger charge is 2.23. The smallest absolute Gasteiger partial charge is 0.248 e. The van der Waals surface area contributed by atoms with Crippen molar-refractivity contribution in [2.45, 2.75) is 45.6 Å². The minimum atomic E-state index is -0.423. The molecule has 1 amide bonds. The predicted octanol–water partition coefficient (Wildman–Crippen LogP) is 4.07. The lowest BCUT2D eigenvalue weighted by molar-refractivity contribution is 0.100. The number of hydrogen-bond acceptors (Lipinski definition) is 2. The van der Waals surface area contributed by atoms with Crippen molar-refractivity contribution in [1.29, 1.82) is 0 Å². The molecule has 0 bridgehead atoms. The molecule has 0 radical (unpaired) electrons. The van der Waals surface area contributed by atoms with Gasteiger partial charge in [-0.25, -0.2) is 0 Å². The quantitative estimate of drug-likeness (QED) is 0.879. The molecule has 1 aromatic rings. The van der Waals surface area contributed by atoms with Crippen molar-refractivity contribution in [3.63, 3.8) is 0 Å².